The van der Waals surface area contributed by atoms with Crippen molar-refractivity contribution in [3.63, 3.8) is 0 Å². The van der Waals surface area contributed by atoms with Crippen LogP contribution < -0.4 is 13.8 Å². The molecule has 0 N–H and O–H groups in total. The summed E-state index contributed by atoms with van der Waals surface area (Å²) >= 11 is 0. The highest BCUT2D eigenvalue weighted by Gasteiger charge is 2.68. The second-order valence-corrected chi connectivity index (χ2v) is 21.4. The van der Waals surface area contributed by atoms with Gasteiger partial charge in [0.1, 0.15) is 5.75 Å². The summed E-state index contributed by atoms with van der Waals surface area (Å²) in [4.78, 5) is 0. The standard InChI is InChI=1S/C68H56O7P2/c1-49-45-51(3)63(70-76-72-65(52-29-13-5-14-30-52,53-31-15-6-16-32-53)66(73-76,54-33-17-7-18-34-54)55-35-19-8-20-36-55)60(46-49)61-47-50(2)48-62(69-4)64(61)71-77-74-67(56-37-21-9-22-38-56,57-39-23-10-24-40-57)68(75-77,58-41-25-11-26-42-58)59-43-27-12-28-44-59/h5-48H,1-4H3. The Bertz CT molecular complexity index is 3270. The molecule has 0 bridgehead atoms. The van der Waals surface area contributed by atoms with Crippen molar-refractivity contribution in [2.45, 2.75) is 43.2 Å². The van der Waals surface area contributed by atoms with Gasteiger partial charge in [-0.3, -0.25) is 18.1 Å². The van der Waals surface area contributed by atoms with Gasteiger partial charge in [0.25, 0.3) is 0 Å². The van der Waals surface area contributed by atoms with Gasteiger partial charge in [0.05, 0.1) is 7.11 Å². The van der Waals surface area contributed by atoms with Crippen LogP contribution in [-0.4, -0.2) is 7.11 Å². The van der Waals surface area contributed by atoms with Crippen molar-refractivity contribution in [2.75, 3.05) is 7.11 Å². The first-order valence-corrected chi connectivity index (χ1v) is 28.0. The molecule has 7 nitrogen and oxygen atoms in total. The topological polar surface area (TPSA) is 64.6 Å². The number of ether oxygens (including phenoxy) is 1. The predicted octanol–water partition coefficient (Wildman–Crippen LogP) is 17.4. The van der Waals surface area contributed by atoms with Crippen molar-refractivity contribution in [3.8, 4) is 28.4 Å². The molecule has 10 aromatic carbocycles. The van der Waals surface area contributed by atoms with E-state index in [1.807, 2.05) is 159 Å². The largest absolute Gasteiger partial charge is 0.493 e. The van der Waals surface area contributed by atoms with Crippen molar-refractivity contribution < 1.29 is 31.9 Å². The summed E-state index contributed by atoms with van der Waals surface area (Å²) in [6.07, 6.45) is 0. The normalized spacial score (nSPS) is 16.4. The monoisotopic (exact) mass is 1050 g/mol. The first kappa shape index (κ1) is 50.1. The molecule has 380 valence electrons. The quantitative estimate of drug-likeness (QED) is 0.101. The lowest BCUT2D eigenvalue weighted by atomic mass is 9.66. The van der Waals surface area contributed by atoms with Gasteiger partial charge in [-0.1, -0.05) is 249 Å². The fourth-order valence-electron chi connectivity index (χ4n) is 11.5. The lowest BCUT2D eigenvalue weighted by Gasteiger charge is -2.43. The van der Waals surface area contributed by atoms with Crippen LogP contribution in [0, 0.1) is 20.8 Å². The summed E-state index contributed by atoms with van der Waals surface area (Å²) in [6, 6.07) is 91.0. The Hall–Kier alpha value is -7.70. The number of hydrogen-bond acceptors (Lipinski definition) is 7. The smallest absolute Gasteiger partial charge is 0.400 e. The van der Waals surface area contributed by atoms with Crippen molar-refractivity contribution in [3.05, 3.63) is 328 Å². The van der Waals surface area contributed by atoms with E-state index >= 15 is 0 Å². The Kier molecular flexibility index (Phi) is 13.7. The minimum Gasteiger partial charge on any atom is -0.493 e. The molecule has 0 saturated carbocycles. The van der Waals surface area contributed by atoms with Crippen molar-refractivity contribution in [2.24, 2.45) is 0 Å². The lowest BCUT2D eigenvalue weighted by molar-refractivity contribution is 0.00370. The molecule has 0 spiro atoms. The van der Waals surface area contributed by atoms with Crippen LogP contribution in [0.15, 0.2) is 267 Å². The molecule has 0 aliphatic carbocycles. The number of aryl methyl sites for hydroxylation is 3. The average Bonchev–Trinajstić information content (AvgIpc) is 4.28. The number of hydrogen-bond donors (Lipinski definition) is 0. The van der Waals surface area contributed by atoms with Crippen LogP contribution in [0.25, 0.3) is 11.1 Å². The lowest BCUT2D eigenvalue weighted by Crippen LogP contribution is -2.48. The number of methoxy groups -OCH3 is 1. The highest BCUT2D eigenvalue weighted by Crippen LogP contribution is 2.73. The van der Waals surface area contributed by atoms with Crippen LogP contribution in [0.2, 0.25) is 0 Å². The molecule has 12 rings (SSSR count). The zero-order valence-electron chi connectivity index (χ0n) is 43.2. The fourth-order valence-corrected chi connectivity index (χ4v) is 14.7. The molecule has 0 unspecified atom stereocenters. The Morgan fingerprint density at radius 1 is 0.299 bits per heavy atom. The molecule has 9 heteroatoms. The van der Waals surface area contributed by atoms with Crippen LogP contribution in [0.1, 0.15) is 61.2 Å². The first-order valence-electron chi connectivity index (χ1n) is 25.8. The molecular weight excluding hydrogens is 991 g/mol. The van der Waals surface area contributed by atoms with Crippen molar-refractivity contribution in [1.29, 1.82) is 0 Å². The molecule has 2 aliphatic heterocycles. The zero-order chi connectivity index (χ0) is 52.5. The van der Waals surface area contributed by atoms with Gasteiger partial charge in [0, 0.05) is 11.1 Å². The summed E-state index contributed by atoms with van der Waals surface area (Å²) in [7, 11) is -2.81. The molecule has 2 heterocycles. The molecule has 0 radical (unpaired) electrons. The summed E-state index contributed by atoms with van der Waals surface area (Å²) in [5, 5.41) is 0. The molecule has 77 heavy (non-hydrogen) atoms. The number of rotatable bonds is 14. The molecule has 0 atom stereocenters. The minimum atomic E-state index is -2.26. The van der Waals surface area contributed by atoms with E-state index in [1.54, 1.807) is 7.11 Å². The van der Waals surface area contributed by atoms with E-state index in [0.717, 1.165) is 66.8 Å². The van der Waals surface area contributed by atoms with Crippen LogP contribution in [0.5, 0.6) is 17.2 Å². The van der Waals surface area contributed by atoms with E-state index in [-0.39, 0.29) is 0 Å². The maximum Gasteiger partial charge on any atom is 0.400 e. The summed E-state index contributed by atoms with van der Waals surface area (Å²) in [6.45, 7) is 6.19. The minimum absolute atomic E-state index is 0.429. The summed E-state index contributed by atoms with van der Waals surface area (Å²) in [5.41, 5.74) is 6.55. The highest BCUT2D eigenvalue weighted by atomic mass is 31.2. The average molecular weight is 1050 g/mol. The second kappa shape index (κ2) is 21.0. The fraction of sp³-hybridized carbons (Fsp3) is 0.118. The van der Waals surface area contributed by atoms with Crippen molar-refractivity contribution >= 4 is 17.2 Å². The van der Waals surface area contributed by atoms with Crippen LogP contribution in [0.4, 0.5) is 0 Å². The third-order valence-electron chi connectivity index (χ3n) is 14.7. The molecule has 2 aliphatic rings. The van der Waals surface area contributed by atoms with Crippen LogP contribution >= 0.6 is 17.2 Å². The van der Waals surface area contributed by atoms with E-state index in [9.17, 15) is 0 Å². The van der Waals surface area contributed by atoms with E-state index in [4.69, 9.17) is 31.9 Å². The predicted molar refractivity (Wildman–Crippen MR) is 307 cm³/mol. The van der Waals surface area contributed by atoms with Gasteiger partial charge in [0.2, 0.25) is 0 Å². The van der Waals surface area contributed by atoms with E-state index < -0.39 is 39.6 Å². The molecule has 10 aromatic rings. The Balaban J connectivity index is 1.04. The van der Waals surface area contributed by atoms with Gasteiger partial charge in [-0.15, -0.1) is 0 Å². The van der Waals surface area contributed by atoms with E-state index in [0.29, 0.717) is 22.8 Å². The van der Waals surface area contributed by atoms with E-state index in [2.05, 4.69) is 129 Å². The molecule has 2 saturated heterocycles. The maximum absolute atomic E-state index is 7.67. The van der Waals surface area contributed by atoms with Crippen molar-refractivity contribution in [1.82, 2.24) is 0 Å². The zero-order valence-corrected chi connectivity index (χ0v) is 44.9. The maximum atomic E-state index is 7.67. The SMILES string of the molecule is COc1cc(C)cc(-c2cc(C)cc(C)c2OP2OC(c3ccccc3)(c3ccccc3)C(c3ccccc3)(c3ccccc3)O2)c1OP1OC(c2ccccc2)(c2ccccc2)C(c2ccccc2)(c2ccccc2)O1. The van der Waals surface area contributed by atoms with Gasteiger partial charge in [-0.2, -0.15) is 0 Å². The third-order valence-corrected chi connectivity index (χ3v) is 17.1. The number of benzene rings is 10. The van der Waals surface area contributed by atoms with Crippen LogP contribution in [0.3, 0.4) is 0 Å². The Morgan fingerprint density at radius 3 is 0.792 bits per heavy atom. The van der Waals surface area contributed by atoms with Gasteiger partial charge in [-0.05, 0) is 100 Å². The second-order valence-electron chi connectivity index (χ2n) is 19.5. The molecule has 0 amide bonds. The molecule has 0 aromatic heterocycles. The highest BCUT2D eigenvalue weighted by molar-refractivity contribution is 7.42. The summed E-state index contributed by atoms with van der Waals surface area (Å²) < 4.78 is 51.9. The van der Waals surface area contributed by atoms with Gasteiger partial charge in [0.15, 0.2) is 33.9 Å². The summed E-state index contributed by atoms with van der Waals surface area (Å²) in [5.74, 6) is 1.50. The molecular formula is C68H56O7P2. The van der Waals surface area contributed by atoms with E-state index in [1.165, 1.54) is 0 Å². The van der Waals surface area contributed by atoms with Gasteiger partial charge < -0.3 is 13.8 Å². The van der Waals surface area contributed by atoms with Gasteiger partial charge >= 0.3 is 17.2 Å². The Morgan fingerprint density at radius 2 is 0.532 bits per heavy atom. The van der Waals surface area contributed by atoms with Crippen LogP contribution in [-0.2, 0) is 40.5 Å². The first-order chi connectivity index (χ1) is 37.8. The molecule has 2 fully saturated rings. The Labute approximate surface area is 453 Å². The van der Waals surface area contributed by atoms with Gasteiger partial charge in [-0.25, -0.2) is 0 Å². The third kappa shape index (κ3) is 8.47.